The molecule has 1 unspecified atom stereocenters. The molecule has 0 bridgehead atoms. The number of carbonyl (C=O) groups excluding carboxylic acids is 2. The summed E-state index contributed by atoms with van der Waals surface area (Å²) in [5, 5.41) is 0. The second-order valence-electron chi connectivity index (χ2n) is 12.2. The minimum absolute atomic E-state index is 0.211. The largest absolute Gasteiger partial charge is 0.469 e. The molecular formula is C35H67O8P. The molecule has 260 valence electrons. The summed E-state index contributed by atoms with van der Waals surface area (Å²) in [5.74, 6) is -0.888. The highest BCUT2D eigenvalue weighted by molar-refractivity contribution is 7.46. The molecule has 0 heterocycles. The number of allylic oxidation sites excluding steroid dienone is 2. The number of hydrogen-bond acceptors (Lipinski definition) is 6. The lowest BCUT2D eigenvalue weighted by atomic mass is 10.1. The summed E-state index contributed by atoms with van der Waals surface area (Å²) in [4.78, 5) is 42.5. The Morgan fingerprint density at radius 1 is 0.568 bits per heavy atom. The van der Waals surface area contributed by atoms with Gasteiger partial charge < -0.3 is 19.3 Å². The molecule has 2 N–H and O–H groups in total. The highest BCUT2D eigenvalue weighted by Crippen LogP contribution is 2.36. The van der Waals surface area contributed by atoms with Gasteiger partial charge in [0.1, 0.15) is 6.61 Å². The number of carbonyl (C=O) groups is 2. The van der Waals surface area contributed by atoms with Gasteiger partial charge in [-0.25, -0.2) is 4.57 Å². The molecule has 0 saturated heterocycles. The molecule has 0 aromatic heterocycles. The Balaban J connectivity index is 3.94. The monoisotopic (exact) mass is 646 g/mol. The lowest BCUT2D eigenvalue weighted by Crippen LogP contribution is -2.29. The molecule has 0 aromatic carbocycles. The molecule has 0 fully saturated rings. The lowest BCUT2D eigenvalue weighted by molar-refractivity contribution is -0.161. The fourth-order valence-electron chi connectivity index (χ4n) is 5.07. The molecule has 0 spiro atoms. The first kappa shape index (κ1) is 42.8. The molecule has 9 heteroatoms. The molecule has 0 rings (SSSR count). The fraction of sp³-hybridized carbons (Fsp3) is 0.886. The average molecular weight is 647 g/mol. The van der Waals surface area contributed by atoms with E-state index in [2.05, 4.69) is 30.5 Å². The molecular weight excluding hydrogens is 579 g/mol. The first-order valence-corrected chi connectivity index (χ1v) is 19.5. The summed E-state index contributed by atoms with van der Waals surface area (Å²) in [6.45, 7) is 3.64. The van der Waals surface area contributed by atoms with E-state index in [1.165, 1.54) is 103 Å². The number of phosphoric ester groups is 1. The highest BCUT2D eigenvalue weighted by atomic mass is 31.2. The Morgan fingerprint density at radius 3 is 1.39 bits per heavy atom. The normalized spacial score (nSPS) is 12.5. The zero-order valence-corrected chi connectivity index (χ0v) is 29.2. The molecule has 0 aliphatic heterocycles. The first-order chi connectivity index (χ1) is 21.3. The van der Waals surface area contributed by atoms with Crippen LogP contribution >= 0.6 is 7.82 Å². The van der Waals surface area contributed by atoms with Crippen LogP contribution in [0.5, 0.6) is 0 Å². The number of esters is 2. The van der Waals surface area contributed by atoms with E-state index in [-0.39, 0.29) is 19.4 Å². The van der Waals surface area contributed by atoms with Crippen molar-refractivity contribution < 1.29 is 37.9 Å². The number of ether oxygens (including phenoxy) is 2. The van der Waals surface area contributed by atoms with Crippen LogP contribution in [0.15, 0.2) is 12.2 Å². The third-order valence-electron chi connectivity index (χ3n) is 7.78. The van der Waals surface area contributed by atoms with Crippen molar-refractivity contribution in [2.45, 2.75) is 187 Å². The molecule has 0 aliphatic rings. The van der Waals surface area contributed by atoms with Gasteiger partial charge in [-0.05, 0) is 38.5 Å². The minimum Gasteiger partial charge on any atom is -0.462 e. The van der Waals surface area contributed by atoms with Crippen molar-refractivity contribution in [3.63, 3.8) is 0 Å². The van der Waals surface area contributed by atoms with Crippen LogP contribution in [-0.4, -0.2) is 41.0 Å². The molecule has 0 radical (unpaired) electrons. The second-order valence-corrected chi connectivity index (χ2v) is 13.4. The van der Waals surface area contributed by atoms with E-state index in [9.17, 15) is 14.2 Å². The lowest BCUT2D eigenvalue weighted by Gasteiger charge is -2.18. The quantitative estimate of drug-likeness (QED) is 0.0313. The van der Waals surface area contributed by atoms with Gasteiger partial charge in [0.15, 0.2) is 6.10 Å². The SMILES string of the molecule is CCCCCCCC/C=C\CCCCCCCCCC(=O)OC(COC(=O)CCCCCCCCCCC)COP(=O)(O)O. The van der Waals surface area contributed by atoms with Crippen molar-refractivity contribution in [1.82, 2.24) is 0 Å². The van der Waals surface area contributed by atoms with Crippen molar-refractivity contribution in [1.29, 1.82) is 0 Å². The standard InChI is InChI=1S/C35H67O8P/c1-3-5-7-9-11-13-14-15-16-17-18-19-20-22-24-26-28-30-35(37)43-33(32-42-44(38,39)40)31-41-34(36)29-27-25-23-21-12-10-8-6-4-2/h15-16,33H,3-14,17-32H2,1-2H3,(H2,38,39,40)/b16-15-. The zero-order chi connectivity index (χ0) is 32.6. The van der Waals surface area contributed by atoms with Gasteiger partial charge >= 0.3 is 19.8 Å². The maximum absolute atomic E-state index is 12.3. The molecule has 0 amide bonds. The summed E-state index contributed by atoms with van der Waals surface area (Å²) in [5.41, 5.74) is 0. The predicted octanol–water partition coefficient (Wildman–Crippen LogP) is 10.3. The van der Waals surface area contributed by atoms with Crippen LogP contribution in [0.1, 0.15) is 181 Å². The van der Waals surface area contributed by atoms with Gasteiger partial charge in [0.2, 0.25) is 0 Å². The van der Waals surface area contributed by atoms with E-state index in [1.54, 1.807) is 0 Å². The highest BCUT2D eigenvalue weighted by Gasteiger charge is 2.22. The topological polar surface area (TPSA) is 119 Å². The number of rotatable bonds is 33. The Kier molecular flexibility index (Phi) is 30.9. The van der Waals surface area contributed by atoms with Crippen LogP contribution in [0, 0.1) is 0 Å². The van der Waals surface area contributed by atoms with Crippen molar-refractivity contribution in [2.24, 2.45) is 0 Å². The summed E-state index contributed by atoms with van der Waals surface area (Å²) >= 11 is 0. The number of phosphoric acid groups is 1. The predicted molar refractivity (Wildman–Crippen MR) is 179 cm³/mol. The smallest absolute Gasteiger partial charge is 0.462 e. The van der Waals surface area contributed by atoms with Crippen molar-refractivity contribution >= 4 is 19.8 Å². The fourth-order valence-corrected chi connectivity index (χ4v) is 5.43. The van der Waals surface area contributed by atoms with Gasteiger partial charge in [-0.15, -0.1) is 0 Å². The summed E-state index contributed by atoms with van der Waals surface area (Å²) < 4.78 is 26.2. The van der Waals surface area contributed by atoms with Gasteiger partial charge in [0.05, 0.1) is 6.61 Å². The van der Waals surface area contributed by atoms with Crippen LogP contribution in [0.2, 0.25) is 0 Å². The average Bonchev–Trinajstić information content (AvgIpc) is 2.98. The van der Waals surface area contributed by atoms with E-state index in [0.29, 0.717) is 6.42 Å². The maximum Gasteiger partial charge on any atom is 0.469 e. The molecule has 0 saturated carbocycles. The summed E-state index contributed by atoms with van der Waals surface area (Å²) in [6, 6.07) is 0. The van der Waals surface area contributed by atoms with Gasteiger partial charge in [-0.3, -0.25) is 14.1 Å². The van der Waals surface area contributed by atoms with Crippen molar-refractivity contribution in [3.05, 3.63) is 12.2 Å². The Hall–Kier alpha value is -1.21. The minimum atomic E-state index is -4.74. The molecule has 44 heavy (non-hydrogen) atoms. The van der Waals surface area contributed by atoms with E-state index >= 15 is 0 Å². The Labute approximate surface area is 269 Å². The molecule has 0 aliphatic carbocycles. The third kappa shape index (κ3) is 33.7. The van der Waals surface area contributed by atoms with Gasteiger partial charge in [0.25, 0.3) is 0 Å². The maximum atomic E-state index is 12.3. The number of hydrogen-bond donors (Lipinski definition) is 2. The van der Waals surface area contributed by atoms with Gasteiger partial charge in [-0.1, -0.05) is 142 Å². The second kappa shape index (κ2) is 31.8. The van der Waals surface area contributed by atoms with Crippen LogP contribution < -0.4 is 0 Å². The number of unbranched alkanes of at least 4 members (excludes halogenated alkanes) is 21. The Bertz CT molecular complexity index is 736. The van der Waals surface area contributed by atoms with Crippen LogP contribution in [0.3, 0.4) is 0 Å². The van der Waals surface area contributed by atoms with E-state index in [0.717, 1.165) is 44.9 Å². The molecule has 0 aromatic rings. The van der Waals surface area contributed by atoms with Crippen molar-refractivity contribution in [2.75, 3.05) is 13.2 Å². The van der Waals surface area contributed by atoms with Gasteiger partial charge in [0, 0.05) is 12.8 Å². The van der Waals surface area contributed by atoms with Crippen molar-refractivity contribution in [3.8, 4) is 0 Å². The van der Waals surface area contributed by atoms with E-state index in [1.807, 2.05) is 0 Å². The van der Waals surface area contributed by atoms with Crippen LogP contribution in [-0.2, 0) is 28.2 Å². The molecule has 8 nitrogen and oxygen atoms in total. The zero-order valence-electron chi connectivity index (χ0n) is 28.3. The Morgan fingerprint density at radius 2 is 0.955 bits per heavy atom. The summed E-state index contributed by atoms with van der Waals surface area (Å²) in [7, 11) is -4.74. The van der Waals surface area contributed by atoms with Gasteiger partial charge in [-0.2, -0.15) is 0 Å². The summed E-state index contributed by atoms with van der Waals surface area (Å²) in [6.07, 6.45) is 32.2. The van der Waals surface area contributed by atoms with Crippen LogP contribution in [0.4, 0.5) is 0 Å². The van der Waals surface area contributed by atoms with E-state index in [4.69, 9.17) is 19.3 Å². The third-order valence-corrected chi connectivity index (χ3v) is 8.27. The molecule has 1 atom stereocenters. The first-order valence-electron chi connectivity index (χ1n) is 18.0. The van der Waals surface area contributed by atoms with Crippen LogP contribution in [0.25, 0.3) is 0 Å². The van der Waals surface area contributed by atoms with E-state index < -0.39 is 32.5 Å².